The molecule has 0 unspecified atom stereocenters. The molecule has 154 valence electrons. The summed E-state index contributed by atoms with van der Waals surface area (Å²) in [6, 6.07) is 20.5. The van der Waals surface area contributed by atoms with Crippen molar-refractivity contribution in [3.63, 3.8) is 0 Å². The summed E-state index contributed by atoms with van der Waals surface area (Å²) < 4.78 is 0. The van der Waals surface area contributed by atoms with Crippen molar-refractivity contribution in [2.24, 2.45) is 4.99 Å². The topological polar surface area (TPSA) is 114 Å². The Kier molecular flexibility index (Phi) is 6.07. The van der Waals surface area contributed by atoms with Crippen molar-refractivity contribution in [2.75, 3.05) is 28.2 Å². The molecule has 3 aromatic carbocycles. The normalized spacial score (nSPS) is 9.75. The van der Waals surface area contributed by atoms with Crippen LogP contribution in [0.3, 0.4) is 0 Å². The highest BCUT2D eigenvalue weighted by Gasteiger charge is 2.13. The molecule has 3 aromatic rings. The SMILES string of the molecule is CN(C)C(=Nc1ccc2c(=C(C#N)C#N)c3ccccc3c(=C(C#N)C#N)c2c1)N(C)C. The van der Waals surface area contributed by atoms with Crippen LogP contribution >= 0.6 is 0 Å². The number of benzene rings is 3. The number of hydrogen-bond donors (Lipinski definition) is 0. The van der Waals surface area contributed by atoms with E-state index in [1.165, 1.54) is 0 Å². The molecule has 32 heavy (non-hydrogen) atoms. The van der Waals surface area contributed by atoms with Gasteiger partial charge < -0.3 is 9.80 Å². The molecule has 0 heterocycles. The molecule has 3 rings (SSSR count). The first-order chi connectivity index (χ1) is 15.4. The van der Waals surface area contributed by atoms with Crippen LogP contribution in [0.1, 0.15) is 0 Å². The van der Waals surface area contributed by atoms with Gasteiger partial charge in [-0.15, -0.1) is 0 Å². The Morgan fingerprint density at radius 2 is 1.09 bits per heavy atom. The monoisotopic (exact) mass is 417 g/mol. The summed E-state index contributed by atoms with van der Waals surface area (Å²) in [6.07, 6.45) is 0. The van der Waals surface area contributed by atoms with Crippen molar-refractivity contribution in [3.05, 3.63) is 52.9 Å². The molecule has 0 saturated heterocycles. The highest BCUT2D eigenvalue weighted by molar-refractivity contribution is 6.06. The zero-order valence-corrected chi connectivity index (χ0v) is 18.2. The first-order valence-electron chi connectivity index (χ1n) is 9.64. The van der Waals surface area contributed by atoms with Crippen LogP contribution in [-0.4, -0.2) is 44.0 Å². The molecule has 0 atom stereocenters. The predicted octanol–water partition coefficient (Wildman–Crippen LogP) is 2.50. The lowest BCUT2D eigenvalue weighted by Gasteiger charge is -2.22. The largest absolute Gasteiger partial charge is 0.349 e. The van der Waals surface area contributed by atoms with Gasteiger partial charge in [0.05, 0.1) is 5.69 Å². The van der Waals surface area contributed by atoms with Gasteiger partial charge in [0.15, 0.2) is 0 Å². The van der Waals surface area contributed by atoms with Crippen molar-refractivity contribution in [3.8, 4) is 24.3 Å². The number of fused-ring (bicyclic) bond motifs is 2. The summed E-state index contributed by atoms with van der Waals surface area (Å²) in [7, 11) is 7.54. The van der Waals surface area contributed by atoms with E-state index in [1.54, 1.807) is 42.5 Å². The third-order valence-corrected chi connectivity index (χ3v) is 4.98. The first kappa shape index (κ1) is 21.8. The molecule has 0 fully saturated rings. The minimum Gasteiger partial charge on any atom is -0.349 e. The smallest absolute Gasteiger partial charge is 0.200 e. The lowest BCUT2D eigenvalue weighted by molar-refractivity contribution is 0.484. The fourth-order valence-corrected chi connectivity index (χ4v) is 3.76. The maximum absolute atomic E-state index is 9.67. The number of nitrogens with zero attached hydrogens (tertiary/aromatic N) is 7. The van der Waals surface area contributed by atoms with Gasteiger partial charge in [0.2, 0.25) is 5.96 Å². The average molecular weight is 417 g/mol. The van der Waals surface area contributed by atoms with Gasteiger partial charge in [-0.25, -0.2) is 4.99 Å². The summed E-state index contributed by atoms with van der Waals surface area (Å²) in [5.41, 5.74) is 0.532. The quantitative estimate of drug-likeness (QED) is 0.341. The predicted molar refractivity (Wildman–Crippen MR) is 124 cm³/mol. The van der Waals surface area contributed by atoms with Crippen LogP contribution in [0.15, 0.2) is 47.5 Å². The summed E-state index contributed by atoms with van der Waals surface area (Å²) >= 11 is 0. The second-order valence-corrected chi connectivity index (χ2v) is 7.42. The molecule has 0 bridgehead atoms. The number of guanidine groups is 1. The summed E-state index contributed by atoms with van der Waals surface area (Å²) in [5.74, 6) is 0.706. The van der Waals surface area contributed by atoms with E-state index in [0.717, 1.165) is 0 Å². The Balaban J connectivity index is 2.71. The molecule has 0 saturated carbocycles. The molecule has 0 aromatic heterocycles. The number of aliphatic imine (C=N–C) groups is 1. The fourth-order valence-electron chi connectivity index (χ4n) is 3.76. The first-order valence-corrected chi connectivity index (χ1v) is 9.64. The Labute approximate surface area is 185 Å². The molecule has 0 aliphatic carbocycles. The minimum atomic E-state index is -0.0465. The summed E-state index contributed by atoms with van der Waals surface area (Å²) in [5, 5.41) is 42.0. The third kappa shape index (κ3) is 3.68. The van der Waals surface area contributed by atoms with Crippen LogP contribution in [0.25, 0.3) is 32.7 Å². The van der Waals surface area contributed by atoms with Crippen LogP contribution in [-0.2, 0) is 0 Å². The molecule has 0 N–H and O–H groups in total. The van der Waals surface area contributed by atoms with Gasteiger partial charge in [0.1, 0.15) is 35.4 Å². The van der Waals surface area contributed by atoms with E-state index in [-0.39, 0.29) is 11.1 Å². The van der Waals surface area contributed by atoms with Gasteiger partial charge in [0.25, 0.3) is 0 Å². The van der Waals surface area contributed by atoms with Gasteiger partial charge in [-0.2, -0.15) is 21.0 Å². The lowest BCUT2D eigenvalue weighted by atomic mass is 9.93. The van der Waals surface area contributed by atoms with Crippen LogP contribution < -0.4 is 10.4 Å². The molecule has 7 heteroatoms. The van der Waals surface area contributed by atoms with Crippen molar-refractivity contribution in [2.45, 2.75) is 0 Å². The lowest BCUT2D eigenvalue weighted by Crippen LogP contribution is -2.35. The standard InChI is InChI=1S/C25H19N7/c1-31(2)25(32(3)4)30-18-9-10-21-22(11-18)24(17(14-28)15-29)20-8-6-5-7-19(20)23(21)16(12-26)13-27/h5-11H,1-4H3. The number of rotatable bonds is 1. The van der Waals surface area contributed by atoms with E-state index < -0.39 is 0 Å². The highest BCUT2D eigenvalue weighted by atomic mass is 15.3. The Morgan fingerprint density at radius 1 is 0.656 bits per heavy atom. The molecule has 0 spiro atoms. The van der Waals surface area contributed by atoms with Gasteiger partial charge in [-0.3, -0.25) is 0 Å². The second-order valence-electron chi connectivity index (χ2n) is 7.42. The van der Waals surface area contributed by atoms with Crippen molar-refractivity contribution in [1.29, 1.82) is 21.0 Å². The molecule has 0 radical (unpaired) electrons. The van der Waals surface area contributed by atoms with E-state index in [9.17, 15) is 21.0 Å². The van der Waals surface area contributed by atoms with Crippen LogP contribution in [0.5, 0.6) is 0 Å². The summed E-state index contributed by atoms with van der Waals surface area (Å²) in [4.78, 5) is 8.45. The molecule has 0 aliphatic heterocycles. The highest BCUT2D eigenvalue weighted by Crippen LogP contribution is 2.22. The van der Waals surface area contributed by atoms with Gasteiger partial charge in [-0.1, -0.05) is 30.3 Å². The van der Waals surface area contributed by atoms with E-state index >= 15 is 0 Å². The third-order valence-electron chi connectivity index (χ3n) is 4.98. The van der Waals surface area contributed by atoms with Crippen LogP contribution in [0.4, 0.5) is 5.69 Å². The molecular weight excluding hydrogens is 398 g/mol. The van der Waals surface area contributed by atoms with Crippen LogP contribution in [0, 0.1) is 45.3 Å². The second kappa shape index (κ2) is 8.88. The minimum absolute atomic E-state index is 0.0354. The summed E-state index contributed by atoms with van der Waals surface area (Å²) in [6.45, 7) is 0. The number of nitriles is 4. The van der Waals surface area contributed by atoms with E-state index in [4.69, 9.17) is 4.99 Å². The van der Waals surface area contributed by atoms with E-state index in [1.807, 2.05) is 62.3 Å². The molecule has 7 nitrogen and oxygen atoms in total. The Hall–Kier alpha value is -4.85. The fraction of sp³-hybridized carbons (Fsp3) is 0.160. The zero-order chi connectivity index (χ0) is 23.4. The van der Waals surface area contributed by atoms with Gasteiger partial charge in [0, 0.05) is 38.6 Å². The Morgan fingerprint density at radius 3 is 1.53 bits per heavy atom. The van der Waals surface area contributed by atoms with Crippen molar-refractivity contribution < 1.29 is 0 Å². The average Bonchev–Trinajstić information content (AvgIpc) is 2.79. The van der Waals surface area contributed by atoms with Crippen molar-refractivity contribution in [1.82, 2.24) is 9.80 Å². The van der Waals surface area contributed by atoms with Gasteiger partial charge in [-0.05, 0) is 33.7 Å². The van der Waals surface area contributed by atoms with Crippen LogP contribution in [0.2, 0.25) is 0 Å². The van der Waals surface area contributed by atoms with E-state index in [0.29, 0.717) is 43.6 Å². The zero-order valence-electron chi connectivity index (χ0n) is 18.2. The van der Waals surface area contributed by atoms with Gasteiger partial charge >= 0.3 is 0 Å². The molecular formula is C25H19N7. The van der Waals surface area contributed by atoms with E-state index in [2.05, 4.69) is 0 Å². The van der Waals surface area contributed by atoms with Crippen molar-refractivity contribution >= 4 is 44.3 Å². The Bertz CT molecular complexity index is 1520. The molecule has 0 amide bonds. The number of hydrogen-bond acceptors (Lipinski definition) is 5. The molecule has 0 aliphatic rings. The maximum atomic E-state index is 9.67. The maximum Gasteiger partial charge on any atom is 0.200 e.